The number of aliphatic hydroxyl groups excluding tert-OH is 1. The summed E-state index contributed by atoms with van der Waals surface area (Å²) in [7, 11) is 0. The average Bonchev–Trinajstić information content (AvgIpc) is 1.85. The van der Waals surface area contributed by atoms with Gasteiger partial charge in [-0.1, -0.05) is 0 Å². The van der Waals surface area contributed by atoms with Crippen molar-refractivity contribution in [2.45, 2.75) is 11.0 Å². The molecule has 0 aliphatic heterocycles. The SMILES string of the molecule is O=C(O)[C@@H](O)[C@@](O)(S)C(=O)O. The van der Waals surface area contributed by atoms with Gasteiger partial charge in [-0.05, 0) is 0 Å². The van der Waals surface area contributed by atoms with Crippen molar-refractivity contribution < 1.29 is 30.0 Å². The summed E-state index contributed by atoms with van der Waals surface area (Å²) < 4.78 is 0. The minimum absolute atomic E-state index is 1.86. The van der Waals surface area contributed by atoms with Crippen LogP contribution in [0.25, 0.3) is 0 Å². The van der Waals surface area contributed by atoms with Gasteiger partial charge in [-0.15, -0.1) is 12.6 Å². The summed E-state index contributed by atoms with van der Waals surface area (Å²) in [5, 5.41) is 33.3. The van der Waals surface area contributed by atoms with E-state index in [2.05, 4.69) is 12.6 Å². The number of carboxylic acids is 2. The van der Waals surface area contributed by atoms with Crippen molar-refractivity contribution in [1.82, 2.24) is 0 Å². The molecule has 11 heavy (non-hydrogen) atoms. The Balaban J connectivity index is 4.55. The topological polar surface area (TPSA) is 115 Å². The molecule has 0 heterocycles. The molecule has 0 aliphatic rings. The van der Waals surface area contributed by atoms with Gasteiger partial charge in [0.05, 0.1) is 0 Å². The average molecular weight is 182 g/mol. The van der Waals surface area contributed by atoms with Crippen LogP contribution in [0.3, 0.4) is 0 Å². The Bertz CT molecular complexity index is 187. The first kappa shape index (κ1) is 10.2. The number of carboxylic acid groups (broad SMARTS) is 2. The largest absolute Gasteiger partial charge is 0.479 e. The molecule has 0 aromatic rings. The van der Waals surface area contributed by atoms with Crippen LogP contribution in [-0.2, 0) is 9.59 Å². The highest BCUT2D eigenvalue weighted by Crippen LogP contribution is 2.15. The van der Waals surface area contributed by atoms with Gasteiger partial charge in [-0.2, -0.15) is 0 Å². The van der Waals surface area contributed by atoms with Gasteiger partial charge in [0, 0.05) is 0 Å². The van der Waals surface area contributed by atoms with E-state index in [9.17, 15) is 9.59 Å². The summed E-state index contributed by atoms with van der Waals surface area (Å²) in [5.41, 5.74) is 0. The van der Waals surface area contributed by atoms with Crippen LogP contribution in [0.15, 0.2) is 0 Å². The van der Waals surface area contributed by atoms with Crippen molar-refractivity contribution in [3.8, 4) is 0 Å². The molecule has 0 aromatic carbocycles. The van der Waals surface area contributed by atoms with E-state index in [0.717, 1.165) is 0 Å². The van der Waals surface area contributed by atoms with Gasteiger partial charge in [0.15, 0.2) is 0 Å². The molecular formula is C4H6O6S. The summed E-state index contributed by atoms with van der Waals surface area (Å²) in [5.74, 6) is -3.78. The van der Waals surface area contributed by atoms with Crippen molar-refractivity contribution in [3.05, 3.63) is 0 Å². The zero-order valence-corrected chi connectivity index (χ0v) is 6.02. The molecule has 0 amide bonds. The smallest absolute Gasteiger partial charge is 0.349 e. The van der Waals surface area contributed by atoms with Crippen molar-refractivity contribution in [2.75, 3.05) is 0 Å². The lowest BCUT2D eigenvalue weighted by Gasteiger charge is -2.19. The monoisotopic (exact) mass is 182 g/mol. The van der Waals surface area contributed by atoms with Crippen LogP contribution in [-0.4, -0.2) is 43.4 Å². The second-order valence-electron chi connectivity index (χ2n) is 1.77. The highest BCUT2D eigenvalue weighted by Gasteiger charge is 2.44. The summed E-state index contributed by atoms with van der Waals surface area (Å²) in [6.07, 6.45) is -2.46. The highest BCUT2D eigenvalue weighted by molar-refractivity contribution is 7.82. The molecule has 0 aliphatic carbocycles. The third-order valence-electron chi connectivity index (χ3n) is 0.930. The lowest BCUT2D eigenvalue weighted by atomic mass is 10.2. The first-order valence-electron chi connectivity index (χ1n) is 2.39. The molecule has 64 valence electrons. The second-order valence-corrected chi connectivity index (χ2v) is 2.45. The Hall–Kier alpha value is -0.790. The first-order chi connectivity index (χ1) is 4.80. The summed E-state index contributed by atoms with van der Waals surface area (Å²) in [6, 6.07) is 0. The third kappa shape index (κ3) is 2.07. The van der Waals surface area contributed by atoms with Gasteiger partial charge in [-0.25, -0.2) is 9.59 Å². The van der Waals surface area contributed by atoms with Gasteiger partial charge in [0.25, 0.3) is 0 Å². The Kier molecular flexibility index (Phi) is 2.85. The van der Waals surface area contributed by atoms with E-state index in [-0.39, 0.29) is 0 Å². The van der Waals surface area contributed by atoms with Gasteiger partial charge in [-0.3, -0.25) is 0 Å². The normalized spacial score (nSPS) is 18.5. The molecule has 6 nitrogen and oxygen atoms in total. The molecule has 0 unspecified atom stereocenters. The fraction of sp³-hybridized carbons (Fsp3) is 0.500. The summed E-state index contributed by atoms with van der Waals surface area (Å²) in [4.78, 5) is 17.0. The molecule has 7 heteroatoms. The van der Waals surface area contributed by atoms with Crippen LogP contribution in [0, 0.1) is 0 Å². The maximum absolute atomic E-state index is 10.0. The maximum atomic E-state index is 10.0. The second kappa shape index (κ2) is 3.07. The molecule has 0 aromatic heterocycles. The van der Waals surface area contributed by atoms with E-state index in [1.807, 2.05) is 0 Å². The Labute approximate surface area is 66.5 Å². The zero-order valence-electron chi connectivity index (χ0n) is 5.13. The zero-order chi connectivity index (χ0) is 9.23. The van der Waals surface area contributed by atoms with Gasteiger partial charge in [0.2, 0.25) is 11.0 Å². The van der Waals surface area contributed by atoms with Crippen molar-refractivity contribution >= 4 is 24.6 Å². The number of carbonyl (C=O) groups is 2. The number of thiol groups is 1. The Morgan fingerprint density at radius 2 is 1.73 bits per heavy atom. The fourth-order valence-electron chi connectivity index (χ4n) is 0.289. The van der Waals surface area contributed by atoms with Gasteiger partial charge >= 0.3 is 11.9 Å². The van der Waals surface area contributed by atoms with Crippen LogP contribution < -0.4 is 0 Å². The van der Waals surface area contributed by atoms with E-state index in [1.165, 1.54) is 0 Å². The lowest BCUT2D eigenvalue weighted by Crippen LogP contribution is -2.48. The third-order valence-corrected chi connectivity index (χ3v) is 1.37. The fourth-order valence-corrected chi connectivity index (χ4v) is 0.400. The number of aliphatic hydroxyl groups is 2. The number of hydrogen-bond acceptors (Lipinski definition) is 5. The molecule has 0 spiro atoms. The van der Waals surface area contributed by atoms with E-state index in [1.54, 1.807) is 0 Å². The van der Waals surface area contributed by atoms with Crippen LogP contribution in [0.1, 0.15) is 0 Å². The van der Waals surface area contributed by atoms with Crippen molar-refractivity contribution in [3.63, 3.8) is 0 Å². The molecule has 4 N–H and O–H groups in total. The van der Waals surface area contributed by atoms with E-state index in [4.69, 9.17) is 20.4 Å². The lowest BCUT2D eigenvalue weighted by molar-refractivity contribution is -0.169. The predicted octanol–water partition coefficient (Wildman–Crippen LogP) is -1.87. The molecule has 0 radical (unpaired) electrons. The standard InChI is InChI=1S/C4H6O6S/c5-1(2(6)7)4(10,11)3(8)9/h1,5,10-11H,(H,6,7)(H,8,9)/t1-,4-/m1/s1. The van der Waals surface area contributed by atoms with Gasteiger partial charge in [0.1, 0.15) is 0 Å². The van der Waals surface area contributed by atoms with Crippen LogP contribution in [0.4, 0.5) is 0 Å². The van der Waals surface area contributed by atoms with E-state index in [0.29, 0.717) is 0 Å². The van der Waals surface area contributed by atoms with Crippen LogP contribution in [0.5, 0.6) is 0 Å². The Morgan fingerprint density at radius 3 is 1.82 bits per heavy atom. The quantitative estimate of drug-likeness (QED) is 0.258. The molecule has 0 rings (SSSR count). The predicted molar refractivity (Wildman–Crippen MR) is 35.2 cm³/mol. The number of aliphatic carboxylic acids is 2. The minimum Gasteiger partial charge on any atom is -0.479 e. The molecule has 0 fully saturated rings. The van der Waals surface area contributed by atoms with Crippen LogP contribution in [0.2, 0.25) is 0 Å². The number of hydrogen-bond donors (Lipinski definition) is 5. The minimum atomic E-state index is -2.95. The van der Waals surface area contributed by atoms with E-state index < -0.39 is 23.0 Å². The maximum Gasteiger partial charge on any atom is 0.349 e. The van der Waals surface area contributed by atoms with E-state index >= 15 is 0 Å². The molecular weight excluding hydrogens is 176 g/mol. The summed E-state index contributed by atoms with van der Waals surface area (Å²) in [6.45, 7) is 0. The van der Waals surface area contributed by atoms with Crippen molar-refractivity contribution in [2.24, 2.45) is 0 Å². The highest BCUT2D eigenvalue weighted by atomic mass is 32.1. The number of rotatable bonds is 3. The van der Waals surface area contributed by atoms with Crippen LogP contribution >= 0.6 is 12.6 Å². The first-order valence-corrected chi connectivity index (χ1v) is 2.84. The molecule has 0 bridgehead atoms. The Morgan fingerprint density at radius 1 is 1.36 bits per heavy atom. The van der Waals surface area contributed by atoms with Crippen molar-refractivity contribution in [1.29, 1.82) is 0 Å². The molecule has 0 saturated heterocycles. The molecule has 0 saturated carbocycles. The molecule has 2 atom stereocenters. The van der Waals surface area contributed by atoms with Gasteiger partial charge < -0.3 is 20.4 Å². The summed E-state index contributed by atoms with van der Waals surface area (Å²) >= 11 is 3.04.